The Morgan fingerprint density at radius 3 is 2.31 bits per heavy atom. The van der Waals surface area contributed by atoms with E-state index >= 15 is 0 Å². The summed E-state index contributed by atoms with van der Waals surface area (Å²) in [5, 5.41) is 32.5. The van der Waals surface area contributed by atoms with Gasteiger partial charge in [0.1, 0.15) is 11.5 Å². The van der Waals surface area contributed by atoms with E-state index in [1.807, 2.05) is 35.1 Å². The van der Waals surface area contributed by atoms with Crippen LogP contribution in [0.25, 0.3) is 10.9 Å². The van der Waals surface area contributed by atoms with Crippen LogP contribution in [0.5, 0.6) is 0 Å². The minimum absolute atomic E-state index is 0.373. The number of hydrazine groups is 1. The topological polar surface area (TPSA) is 184 Å². The molecule has 2 aliphatic carbocycles. The monoisotopic (exact) mass is 705 g/mol. The first-order valence-electron chi connectivity index (χ1n) is 19.6. The number of para-hydroxylation sites is 1. The predicted molar refractivity (Wildman–Crippen MR) is 208 cm³/mol. The Labute approximate surface area is 304 Å². The number of fused-ring (bicyclic) bond motifs is 1. The largest absolute Gasteiger partial charge is 0.399 e. The Balaban J connectivity index is 0.972. The summed E-state index contributed by atoms with van der Waals surface area (Å²) in [4.78, 5) is 9.47. The average Bonchev–Trinajstić information content (AvgIpc) is 3.62. The smallest absolute Gasteiger partial charge is 0.225 e. The highest BCUT2D eigenvalue weighted by molar-refractivity contribution is 5.90. The maximum atomic E-state index is 6.31. The number of nitrogens with two attached hydrogens (primary N) is 2. The van der Waals surface area contributed by atoms with E-state index < -0.39 is 0 Å². The van der Waals surface area contributed by atoms with Gasteiger partial charge in [0.2, 0.25) is 5.95 Å². The van der Waals surface area contributed by atoms with E-state index in [0.717, 1.165) is 93.5 Å². The maximum Gasteiger partial charge on any atom is 0.225 e. The van der Waals surface area contributed by atoms with Crippen molar-refractivity contribution in [2.75, 3.05) is 63.0 Å². The molecule has 2 fully saturated rings. The molecule has 2 aliphatic rings. The van der Waals surface area contributed by atoms with Gasteiger partial charge in [-0.3, -0.25) is 4.68 Å². The van der Waals surface area contributed by atoms with Gasteiger partial charge in [-0.25, -0.2) is 10.8 Å². The van der Waals surface area contributed by atoms with Crippen molar-refractivity contribution >= 4 is 22.7 Å². The van der Waals surface area contributed by atoms with Crippen molar-refractivity contribution < 1.29 is 0 Å². The molecule has 10 N–H and O–H groups in total. The minimum Gasteiger partial charge on any atom is -0.399 e. The van der Waals surface area contributed by atoms with Crippen LogP contribution in [-0.4, -0.2) is 94.4 Å². The zero-order valence-corrected chi connectivity index (χ0v) is 30.7. The highest BCUT2D eigenvalue weighted by Crippen LogP contribution is 2.22. The number of aromatic nitrogens is 5. The lowest BCUT2D eigenvalue weighted by Crippen LogP contribution is -2.36. The first kappa shape index (κ1) is 38.7. The molecule has 0 atom stereocenters. The number of rotatable bonds is 24. The van der Waals surface area contributed by atoms with Gasteiger partial charge in [-0.15, -0.1) is 5.10 Å². The third-order valence-electron chi connectivity index (χ3n) is 9.83. The van der Waals surface area contributed by atoms with Crippen molar-refractivity contribution in [3.05, 3.63) is 48.1 Å². The van der Waals surface area contributed by atoms with Gasteiger partial charge in [0.05, 0.1) is 24.8 Å². The lowest BCUT2D eigenvalue weighted by molar-refractivity contribution is 0.366. The molecule has 0 amide bonds. The van der Waals surface area contributed by atoms with Crippen LogP contribution in [0, 0.1) is 0 Å². The molecule has 0 unspecified atom stereocenters. The molecule has 2 aromatic heterocycles. The number of hydrogen-bond donors (Lipinski definition) is 8. The zero-order chi connectivity index (χ0) is 35.4. The van der Waals surface area contributed by atoms with Crippen molar-refractivity contribution in [1.82, 2.24) is 51.2 Å². The van der Waals surface area contributed by atoms with E-state index in [1.54, 1.807) is 11.2 Å². The molecule has 282 valence electrons. The molecule has 0 aliphatic heterocycles. The fourth-order valence-corrected chi connectivity index (χ4v) is 7.00. The van der Waals surface area contributed by atoms with Crippen LogP contribution in [-0.2, 0) is 13.1 Å². The molecular weight excluding hydrogens is 641 g/mol. The summed E-state index contributed by atoms with van der Waals surface area (Å²) >= 11 is 0. The summed E-state index contributed by atoms with van der Waals surface area (Å²) in [6, 6.07) is 9.40. The van der Waals surface area contributed by atoms with E-state index in [0.29, 0.717) is 37.3 Å². The molecule has 0 spiro atoms. The molecule has 2 saturated carbocycles. The summed E-state index contributed by atoms with van der Waals surface area (Å²) in [7, 11) is 0. The molecule has 0 bridgehead atoms. The lowest BCUT2D eigenvalue weighted by atomic mass is 9.95. The summed E-state index contributed by atoms with van der Waals surface area (Å²) < 4.78 is 1.91. The van der Waals surface area contributed by atoms with Crippen molar-refractivity contribution in [3.8, 4) is 0 Å². The summed E-state index contributed by atoms with van der Waals surface area (Å²) in [5.41, 5.74) is 8.61. The molecule has 51 heavy (non-hydrogen) atoms. The highest BCUT2D eigenvalue weighted by Gasteiger charge is 2.13. The Hall–Kier alpha value is -3.56. The van der Waals surface area contributed by atoms with E-state index in [9.17, 15) is 0 Å². The Kier molecular flexibility index (Phi) is 17.0. The van der Waals surface area contributed by atoms with Gasteiger partial charge in [-0.1, -0.05) is 55.9 Å². The fraction of sp³-hybridized carbons (Fsp3) is 0.676. The number of hydrogen-bond acceptors (Lipinski definition) is 13. The lowest BCUT2D eigenvalue weighted by Gasteiger charge is -2.22. The van der Waals surface area contributed by atoms with Gasteiger partial charge >= 0.3 is 0 Å². The third-order valence-corrected chi connectivity index (χ3v) is 9.83. The number of benzene rings is 1. The van der Waals surface area contributed by atoms with Crippen molar-refractivity contribution in [3.63, 3.8) is 0 Å². The van der Waals surface area contributed by atoms with Crippen LogP contribution in [0.3, 0.4) is 0 Å². The zero-order valence-electron chi connectivity index (χ0n) is 30.7. The molecule has 3 aromatic rings. The molecule has 0 saturated heterocycles. The van der Waals surface area contributed by atoms with Gasteiger partial charge < -0.3 is 42.6 Å². The summed E-state index contributed by atoms with van der Waals surface area (Å²) in [5.74, 6) is 7.43. The third kappa shape index (κ3) is 14.5. The van der Waals surface area contributed by atoms with Crippen LogP contribution in [0.4, 0.5) is 11.8 Å². The molecular formula is C37H64N14. The fourth-order valence-electron chi connectivity index (χ4n) is 7.00. The summed E-state index contributed by atoms with van der Waals surface area (Å²) in [6.45, 7) is 8.44. The number of nitrogens with zero attached hydrogens (tertiary/aromatic N) is 6. The van der Waals surface area contributed by atoms with Crippen molar-refractivity contribution in [2.24, 2.45) is 11.6 Å². The predicted octanol–water partition coefficient (Wildman–Crippen LogP) is 3.42. The Bertz CT molecular complexity index is 1420. The van der Waals surface area contributed by atoms with E-state index in [4.69, 9.17) is 21.5 Å². The molecule has 5 rings (SSSR count). The maximum absolute atomic E-state index is 6.31. The minimum atomic E-state index is 0.373. The SMILES string of the molecule is N/C(=C\N(N)CCCNCCCNC1CCCCC1)CNc1nc(NCc2cn(CCCNCCNC3CCCCC3)nn2)c2ccccc2n1. The quantitative estimate of drug-likeness (QED) is 0.0386. The van der Waals surface area contributed by atoms with Gasteiger partial charge in [0.25, 0.3) is 0 Å². The Morgan fingerprint density at radius 1 is 0.804 bits per heavy atom. The van der Waals surface area contributed by atoms with E-state index in [1.165, 1.54) is 64.2 Å². The molecule has 14 heteroatoms. The molecule has 1 aromatic carbocycles. The van der Waals surface area contributed by atoms with Crippen LogP contribution in [0.1, 0.15) is 89.2 Å². The van der Waals surface area contributed by atoms with Gasteiger partial charge in [0.15, 0.2) is 0 Å². The highest BCUT2D eigenvalue weighted by atomic mass is 15.4. The van der Waals surface area contributed by atoms with Crippen molar-refractivity contribution in [2.45, 2.75) is 109 Å². The standard InChI is InChI=1S/C37H64N14/c38-30(28-50(39)24-10-19-40-18-9-21-42-31-12-3-1-4-13-31)26-45-37-46-35-17-8-7-16-34(35)36(47-37)44-27-33-29-51(49-48-33)25-11-20-41-22-23-43-32-14-5-2-6-15-32/h7-8,16-17,28-29,31-32,40-43H,1-6,9-15,18-27,38-39H2,(H2,44,45,46,47)/b30-28-. The number of anilines is 2. The second-order valence-corrected chi connectivity index (χ2v) is 14.2. The summed E-state index contributed by atoms with van der Waals surface area (Å²) in [6.07, 6.45) is 20.5. The van der Waals surface area contributed by atoms with Gasteiger partial charge in [0, 0.05) is 55.5 Å². The Morgan fingerprint density at radius 2 is 1.51 bits per heavy atom. The molecule has 14 nitrogen and oxygen atoms in total. The van der Waals surface area contributed by atoms with Gasteiger partial charge in [-0.05, 0) is 83.3 Å². The van der Waals surface area contributed by atoms with E-state index in [2.05, 4.69) is 42.2 Å². The number of nitrogens with one attached hydrogen (secondary N) is 6. The first-order chi connectivity index (χ1) is 25.1. The second kappa shape index (κ2) is 22.4. The van der Waals surface area contributed by atoms with Gasteiger partial charge in [-0.2, -0.15) is 4.98 Å². The normalized spacial score (nSPS) is 16.1. The van der Waals surface area contributed by atoms with Crippen LogP contribution in [0.2, 0.25) is 0 Å². The van der Waals surface area contributed by atoms with E-state index in [-0.39, 0.29) is 0 Å². The van der Waals surface area contributed by atoms with Crippen molar-refractivity contribution in [1.29, 1.82) is 0 Å². The van der Waals surface area contributed by atoms with Crippen LogP contribution >= 0.6 is 0 Å². The first-order valence-corrected chi connectivity index (χ1v) is 19.6. The molecule has 2 heterocycles. The van der Waals surface area contributed by atoms with Crippen LogP contribution in [0.15, 0.2) is 42.4 Å². The van der Waals surface area contributed by atoms with Crippen LogP contribution < -0.4 is 43.5 Å². The second-order valence-electron chi connectivity index (χ2n) is 14.2. The molecule has 0 radical (unpaired) electrons. The number of aryl methyl sites for hydroxylation is 1. The average molecular weight is 705 g/mol.